The maximum Gasteiger partial charge on any atom is 0.193 e. The summed E-state index contributed by atoms with van der Waals surface area (Å²) in [5, 5.41) is 8.32. The predicted molar refractivity (Wildman–Crippen MR) is 81.2 cm³/mol. The van der Waals surface area contributed by atoms with E-state index in [0.29, 0.717) is 0 Å². The van der Waals surface area contributed by atoms with Crippen LogP contribution in [0.4, 0.5) is 0 Å². The molecule has 0 saturated heterocycles. The van der Waals surface area contributed by atoms with Crippen LogP contribution in [0.5, 0.6) is 0 Å². The first kappa shape index (κ1) is 17.3. The summed E-state index contributed by atoms with van der Waals surface area (Å²) in [6.45, 7) is 15.0. The number of rotatable bonds is 9. The lowest BCUT2D eigenvalue weighted by Gasteiger charge is -2.32. The average molecular weight is 255 g/mol. The van der Waals surface area contributed by atoms with Crippen molar-refractivity contribution in [2.45, 2.75) is 60.3 Å². The maximum atomic E-state index is 8.32. The molecule has 1 N–H and O–H groups in total. The Morgan fingerprint density at radius 3 is 1.83 bits per heavy atom. The number of nitrogens with one attached hydrogen (secondary N) is 1. The van der Waals surface area contributed by atoms with Gasteiger partial charge in [0.05, 0.1) is 0 Å². The highest BCUT2D eigenvalue weighted by molar-refractivity contribution is 5.76. The fraction of sp³-hybridized carbons (Fsp3) is 0.933. The molecule has 0 aliphatic carbocycles. The molecule has 3 heteroatoms. The van der Waals surface area contributed by atoms with Gasteiger partial charge in [-0.25, -0.2) is 0 Å². The zero-order valence-corrected chi connectivity index (χ0v) is 13.1. The monoisotopic (exact) mass is 255 g/mol. The van der Waals surface area contributed by atoms with Crippen LogP contribution < -0.4 is 0 Å². The lowest BCUT2D eigenvalue weighted by atomic mass is 10.1. The van der Waals surface area contributed by atoms with Crippen LogP contribution in [-0.2, 0) is 0 Å². The van der Waals surface area contributed by atoms with Crippen LogP contribution in [0.1, 0.15) is 60.3 Å². The van der Waals surface area contributed by atoms with Gasteiger partial charge in [-0.1, -0.05) is 27.2 Å². The summed E-state index contributed by atoms with van der Waals surface area (Å²) in [5.41, 5.74) is 0. The molecule has 0 aromatic heterocycles. The van der Waals surface area contributed by atoms with Gasteiger partial charge in [0.1, 0.15) is 0 Å². The lowest BCUT2D eigenvalue weighted by Crippen LogP contribution is -2.44. The quantitative estimate of drug-likeness (QED) is 0.502. The summed E-state index contributed by atoms with van der Waals surface area (Å²) in [7, 11) is 0. The predicted octanol–water partition coefficient (Wildman–Crippen LogP) is 3.80. The number of guanidine groups is 1. The van der Waals surface area contributed by atoms with Crippen molar-refractivity contribution in [2.24, 2.45) is 5.92 Å². The van der Waals surface area contributed by atoms with Crippen molar-refractivity contribution in [3.05, 3.63) is 0 Å². The lowest BCUT2D eigenvalue weighted by molar-refractivity contribution is 0.315. The molecule has 0 atom stereocenters. The average Bonchev–Trinajstić information content (AvgIpc) is 2.35. The van der Waals surface area contributed by atoms with E-state index in [1.807, 2.05) is 0 Å². The van der Waals surface area contributed by atoms with Gasteiger partial charge in [-0.3, -0.25) is 5.41 Å². The van der Waals surface area contributed by atoms with Crippen LogP contribution >= 0.6 is 0 Å². The fourth-order valence-corrected chi connectivity index (χ4v) is 2.07. The number of hydrogen-bond donors (Lipinski definition) is 1. The van der Waals surface area contributed by atoms with E-state index in [2.05, 4.69) is 44.4 Å². The number of unbranched alkanes of at least 4 members (excludes halogenated alkanes) is 1. The van der Waals surface area contributed by atoms with E-state index in [1.54, 1.807) is 0 Å². The van der Waals surface area contributed by atoms with E-state index in [9.17, 15) is 0 Å². The van der Waals surface area contributed by atoms with Crippen LogP contribution in [-0.4, -0.2) is 41.9 Å². The maximum absolute atomic E-state index is 8.32. The summed E-state index contributed by atoms with van der Waals surface area (Å²) in [6.07, 6.45) is 4.83. The number of hydrogen-bond acceptors (Lipinski definition) is 1. The standard InChI is InChI=1S/C15H33N3/c1-6-9-12-17(7-2)15(16)18(8-3)13-10-11-14(4)5/h14,16H,6-13H2,1-5H3. The third kappa shape index (κ3) is 6.87. The van der Waals surface area contributed by atoms with E-state index >= 15 is 0 Å². The molecule has 0 aromatic rings. The SMILES string of the molecule is CCCCN(CC)C(=N)N(CC)CCCC(C)C. The largest absolute Gasteiger partial charge is 0.343 e. The molecule has 0 fully saturated rings. The van der Waals surface area contributed by atoms with Crippen LogP contribution in [0.3, 0.4) is 0 Å². The third-order valence-electron chi connectivity index (χ3n) is 3.35. The Morgan fingerprint density at radius 2 is 1.44 bits per heavy atom. The van der Waals surface area contributed by atoms with Crippen molar-refractivity contribution in [3.63, 3.8) is 0 Å². The van der Waals surface area contributed by atoms with Crippen molar-refractivity contribution in [1.82, 2.24) is 9.80 Å². The molecular weight excluding hydrogens is 222 g/mol. The van der Waals surface area contributed by atoms with Gasteiger partial charge in [0.15, 0.2) is 5.96 Å². The highest BCUT2D eigenvalue weighted by atomic mass is 15.4. The van der Waals surface area contributed by atoms with Crippen molar-refractivity contribution < 1.29 is 0 Å². The fourth-order valence-electron chi connectivity index (χ4n) is 2.07. The first-order valence-electron chi connectivity index (χ1n) is 7.65. The molecule has 0 spiro atoms. The van der Waals surface area contributed by atoms with Gasteiger partial charge in [0.2, 0.25) is 0 Å². The third-order valence-corrected chi connectivity index (χ3v) is 3.35. The zero-order chi connectivity index (χ0) is 14.0. The summed E-state index contributed by atoms with van der Waals surface area (Å²) in [4.78, 5) is 4.41. The van der Waals surface area contributed by atoms with Crippen LogP contribution in [0.25, 0.3) is 0 Å². The smallest absolute Gasteiger partial charge is 0.193 e. The molecule has 0 saturated carbocycles. The van der Waals surface area contributed by atoms with Crippen molar-refractivity contribution in [3.8, 4) is 0 Å². The van der Waals surface area contributed by atoms with Crippen LogP contribution in [0.2, 0.25) is 0 Å². The highest BCUT2D eigenvalue weighted by Gasteiger charge is 2.13. The van der Waals surface area contributed by atoms with Gasteiger partial charge in [-0.05, 0) is 39.0 Å². The Labute approximate surface area is 114 Å². The second kappa shape index (κ2) is 10.2. The Bertz CT molecular complexity index is 214. The molecule has 0 aliphatic heterocycles. The molecule has 0 amide bonds. The second-order valence-corrected chi connectivity index (χ2v) is 5.37. The molecule has 0 heterocycles. The Kier molecular flexibility index (Phi) is 9.80. The van der Waals surface area contributed by atoms with E-state index < -0.39 is 0 Å². The Balaban J connectivity index is 4.20. The van der Waals surface area contributed by atoms with Gasteiger partial charge in [-0.15, -0.1) is 0 Å². The van der Waals surface area contributed by atoms with E-state index in [0.717, 1.165) is 38.1 Å². The summed E-state index contributed by atoms with van der Waals surface area (Å²) in [5.74, 6) is 1.48. The highest BCUT2D eigenvalue weighted by Crippen LogP contribution is 2.07. The van der Waals surface area contributed by atoms with E-state index in [-0.39, 0.29) is 0 Å². The molecule has 0 bridgehead atoms. The summed E-state index contributed by atoms with van der Waals surface area (Å²) in [6, 6.07) is 0. The molecule has 0 unspecified atom stereocenters. The minimum absolute atomic E-state index is 0.720. The molecule has 0 radical (unpaired) electrons. The molecule has 0 aliphatic rings. The summed E-state index contributed by atoms with van der Waals surface area (Å²) >= 11 is 0. The van der Waals surface area contributed by atoms with Crippen molar-refractivity contribution in [1.29, 1.82) is 5.41 Å². The molecule has 108 valence electrons. The van der Waals surface area contributed by atoms with Gasteiger partial charge in [0, 0.05) is 26.2 Å². The zero-order valence-electron chi connectivity index (χ0n) is 13.1. The van der Waals surface area contributed by atoms with Crippen molar-refractivity contribution >= 4 is 5.96 Å². The van der Waals surface area contributed by atoms with Crippen molar-refractivity contribution in [2.75, 3.05) is 26.2 Å². The van der Waals surface area contributed by atoms with E-state index in [4.69, 9.17) is 5.41 Å². The summed E-state index contributed by atoms with van der Waals surface area (Å²) < 4.78 is 0. The Hall–Kier alpha value is -0.730. The van der Waals surface area contributed by atoms with Gasteiger partial charge in [-0.2, -0.15) is 0 Å². The van der Waals surface area contributed by atoms with Crippen LogP contribution in [0, 0.1) is 11.3 Å². The van der Waals surface area contributed by atoms with Gasteiger partial charge < -0.3 is 9.80 Å². The molecule has 0 rings (SSSR count). The first-order chi connectivity index (χ1) is 8.56. The Morgan fingerprint density at radius 1 is 0.944 bits per heavy atom. The minimum atomic E-state index is 0.720. The van der Waals surface area contributed by atoms with E-state index in [1.165, 1.54) is 25.7 Å². The minimum Gasteiger partial charge on any atom is -0.343 e. The van der Waals surface area contributed by atoms with Crippen LogP contribution in [0.15, 0.2) is 0 Å². The topological polar surface area (TPSA) is 30.3 Å². The number of nitrogens with zero attached hydrogens (tertiary/aromatic N) is 2. The molecular formula is C15H33N3. The van der Waals surface area contributed by atoms with Gasteiger partial charge in [0.25, 0.3) is 0 Å². The molecule has 3 nitrogen and oxygen atoms in total. The molecule has 0 aromatic carbocycles. The second-order valence-electron chi connectivity index (χ2n) is 5.37. The first-order valence-corrected chi connectivity index (χ1v) is 7.65. The normalized spacial score (nSPS) is 10.8. The van der Waals surface area contributed by atoms with Gasteiger partial charge >= 0.3 is 0 Å². The molecule has 18 heavy (non-hydrogen) atoms.